The minimum Gasteiger partial charge on any atom is -0.437 e. The number of hydrogen-bond acceptors (Lipinski definition) is 3. The SMILES string of the molecule is CC=C(C)C1CC=c2c(oc3ncccc23)=C1c1cc(C(C)(C)C)ccn1. The second-order valence-corrected chi connectivity index (χ2v) is 8.32. The van der Waals surface area contributed by atoms with Crippen LogP contribution in [0.5, 0.6) is 0 Å². The summed E-state index contributed by atoms with van der Waals surface area (Å²) in [4.78, 5) is 9.18. The first-order valence-electron chi connectivity index (χ1n) is 9.58. The maximum absolute atomic E-state index is 6.26. The number of fused-ring (bicyclic) bond motifs is 3. The molecule has 3 aromatic rings. The van der Waals surface area contributed by atoms with Crippen molar-refractivity contribution in [2.75, 3.05) is 0 Å². The zero-order valence-corrected chi connectivity index (χ0v) is 16.7. The van der Waals surface area contributed by atoms with Gasteiger partial charge in [-0.15, -0.1) is 0 Å². The van der Waals surface area contributed by atoms with Crippen LogP contribution in [0.25, 0.3) is 22.7 Å². The maximum Gasteiger partial charge on any atom is 0.227 e. The molecule has 0 spiro atoms. The van der Waals surface area contributed by atoms with Crippen molar-refractivity contribution in [1.29, 1.82) is 0 Å². The van der Waals surface area contributed by atoms with Crippen LogP contribution in [0.15, 0.2) is 52.7 Å². The maximum atomic E-state index is 6.26. The molecule has 1 unspecified atom stereocenters. The van der Waals surface area contributed by atoms with Gasteiger partial charge in [0.2, 0.25) is 5.71 Å². The Morgan fingerprint density at radius 2 is 2.00 bits per heavy atom. The average Bonchev–Trinajstić information content (AvgIpc) is 3.04. The Bertz CT molecular complexity index is 1160. The van der Waals surface area contributed by atoms with Gasteiger partial charge in [-0.25, -0.2) is 4.98 Å². The van der Waals surface area contributed by atoms with Crippen molar-refractivity contribution in [3.8, 4) is 0 Å². The van der Waals surface area contributed by atoms with Crippen LogP contribution in [0.4, 0.5) is 0 Å². The lowest BCUT2D eigenvalue weighted by atomic mass is 9.81. The van der Waals surface area contributed by atoms with Crippen molar-refractivity contribution in [1.82, 2.24) is 9.97 Å². The first-order valence-corrected chi connectivity index (χ1v) is 9.58. The molecule has 138 valence electrons. The Hall–Kier alpha value is -2.68. The molecular formula is C24H26N2O. The fourth-order valence-corrected chi connectivity index (χ4v) is 3.82. The van der Waals surface area contributed by atoms with Crippen LogP contribution in [0.3, 0.4) is 0 Å². The van der Waals surface area contributed by atoms with Gasteiger partial charge in [0.1, 0.15) is 5.42 Å². The third kappa shape index (κ3) is 3.01. The van der Waals surface area contributed by atoms with Crippen LogP contribution in [0.2, 0.25) is 0 Å². The van der Waals surface area contributed by atoms with E-state index >= 15 is 0 Å². The van der Waals surface area contributed by atoms with E-state index in [0.717, 1.165) is 28.1 Å². The highest BCUT2D eigenvalue weighted by atomic mass is 16.3. The Kier molecular flexibility index (Phi) is 4.26. The van der Waals surface area contributed by atoms with E-state index in [-0.39, 0.29) is 11.3 Å². The predicted octanol–water partition coefficient (Wildman–Crippen LogP) is 4.49. The van der Waals surface area contributed by atoms with Gasteiger partial charge < -0.3 is 4.42 Å². The lowest BCUT2D eigenvalue weighted by Crippen LogP contribution is -2.31. The quantitative estimate of drug-likeness (QED) is 0.634. The van der Waals surface area contributed by atoms with E-state index in [1.807, 2.05) is 12.3 Å². The Morgan fingerprint density at radius 1 is 1.19 bits per heavy atom. The van der Waals surface area contributed by atoms with Gasteiger partial charge in [0.15, 0.2) is 0 Å². The molecule has 0 saturated heterocycles. The normalized spacial score (nSPS) is 17.7. The molecule has 3 nitrogen and oxygen atoms in total. The molecule has 0 aromatic carbocycles. The molecule has 4 rings (SSSR count). The second kappa shape index (κ2) is 6.49. The molecule has 3 heteroatoms. The fourth-order valence-electron chi connectivity index (χ4n) is 3.82. The van der Waals surface area contributed by atoms with Crippen LogP contribution >= 0.6 is 0 Å². The molecule has 27 heavy (non-hydrogen) atoms. The van der Waals surface area contributed by atoms with Crippen LogP contribution in [0.1, 0.15) is 52.3 Å². The van der Waals surface area contributed by atoms with E-state index in [2.05, 4.69) is 70.0 Å². The number of allylic oxidation sites excluding steroid dienone is 2. The van der Waals surface area contributed by atoms with Crippen LogP contribution in [0, 0.1) is 5.92 Å². The molecule has 0 amide bonds. The van der Waals surface area contributed by atoms with Gasteiger partial charge in [-0.2, -0.15) is 0 Å². The number of pyridine rings is 2. The summed E-state index contributed by atoms with van der Waals surface area (Å²) in [6.07, 6.45) is 9.13. The summed E-state index contributed by atoms with van der Waals surface area (Å²) in [5, 5.41) is 2.23. The molecule has 1 aliphatic rings. The van der Waals surface area contributed by atoms with Crippen molar-refractivity contribution in [2.45, 2.75) is 46.5 Å². The van der Waals surface area contributed by atoms with Crippen molar-refractivity contribution < 1.29 is 4.42 Å². The van der Waals surface area contributed by atoms with Crippen molar-refractivity contribution in [3.63, 3.8) is 0 Å². The first kappa shape index (κ1) is 17.7. The summed E-state index contributed by atoms with van der Waals surface area (Å²) in [7, 11) is 0. The molecule has 3 heterocycles. The minimum atomic E-state index is 0.0719. The number of hydrogen-bond donors (Lipinski definition) is 0. The van der Waals surface area contributed by atoms with E-state index in [1.165, 1.54) is 16.7 Å². The number of aromatic nitrogens is 2. The molecule has 0 radical (unpaired) electrons. The smallest absolute Gasteiger partial charge is 0.227 e. The summed E-state index contributed by atoms with van der Waals surface area (Å²) in [6, 6.07) is 8.38. The number of rotatable bonds is 2. The molecular weight excluding hydrogens is 332 g/mol. The van der Waals surface area contributed by atoms with Gasteiger partial charge in [-0.05, 0) is 55.5 Å². The monoisotopic (exact) mass is 358 g/mol. The molecule has 1 aliphatic carbocycles. The van der Waals surface area contributed by atoms with Crippen molar-refractivity contribution in [2.24, 2.45) is 5.92 Å². The molecule has 0 fully saturated rings. The van der Waals surface area contributed by atoms with E-state index in [4.69, 9.17) is 9.40 Å². The Balaban J connectivity index is 2.08. The molecule has 0 bridgehead atoms. The van der Waals surface area contributed by atoms with Gasteiger partial charge in [0.25, 0.3) is 0 Å². The highest BCUT2D eigenvalue weighted by Crippen LogP contribution is 2.33. The second-order valence-electron chi connectivity index (χ2n) is 8.32. The molecule has 0 N–H and O–H groups in total. The summed E-state index contributed by atoms with van der Waals surface area (Å²) in [5.41, 5.74) is 6.48. The summed E-state index contributed by atoms with van der Waals surface area (Å²) in [6.45, 7) is 11.0. The molecule has 3 aromatic heterocycles. The van der Waals surface area contributed by atoms with Crippen LogP contribution < -0.4 is 10.6 Å². The zero-order valence-electron chi connectivity index (χ0n) is 16.7. The zero-order chi connectivity index (χ0) is 19.2. The van der Waals surface area contributed by atoms with Gasteiger partial charge in [0, 0.05) is 34.5 Å². The molecule has 1 atom stereocenters. The summed E-state index contributed by atoms with van der Waals surface area (Å²) in [5.74, 6) is 0.269. The minimum absolute atomic E-state index is 0.0719. The number of nitrogens with zero attached hydrogens (tertiary/aromatic N) is 2. The van der Waals surface area contributed by atoms with Crippen molar-refractivity contribution in [3.05, 3.63) is 70.2 Å². The largest absolute Gasteiger partial charge is 0.437 e. The van der Waals surface area contributed by atoms with Gasteiger partial charge in [-0.3, -0.25) is 4.98 Å². The Labute approximate surface area is 160 Å². The summed E-state index contributed by atoms with van der Waals surface area (Å²) >= 11 is 0. The summed E-state index contributed by atoms with van der Waals surface area (Å²) < 4.78 is 6.26. The van der Waals surface area contributed by atoms with Crippen LogP contribution in [-0.4, -0.2) is 9.97 Å². The van der Waals surface area contributed by atoms with E-state index < -0.39 is 0 Å². The predicted molar refractivity (Wildman–Crippen MR) is 111 cm³/mol. The third-order valence-electron chi connectivity index (χ3n) is 5.56. The van der Waals surface area contributed by atoms with E-state index in [1.54, 1.807) is 6.20 Å². The van der Waals surface area contributed by atoms with Gasteiger partial charge in [0.05, 0.1) is 5.69 Å². The lowest BCUT2D eigenvalue weighted by molar-refractivity contribution is 0.550. The van der Waals surface area contributed by atoms with E-state index in [0.29, 0.717) is 5.71 Å². The molecule has 0 saturated carbocycles. The standard InChI is InChI=1S/C24H26N2O/c1-6-15(2)17-9-10-18-19-8-7-12-26-23(19)27-22(18)21(17)20-14-16(11-13-25-20)24(3,4)5/h6-8,10-14,17H,9H2,1-5H3. The third-order valence-corrected chi connectivity index (χ3v) is 5.56. The highest BCUT2D eigenvalue weighted by Gasteiger charge is 2.26. The highest BCUT2D eigenvalue weighted by molar-refractivity contribution is 5.79. The molecule has 0 aliphatic heterocycles. The topological polar surface area (TPSA) is 38.9 Å². The van der Waals surface area contributed by atoms with Gasteiger partial charge >= 0.3 is 0 Å². The number of furan rings is 1. The first-order chi connectivity index (χ1) is 12.9. The Morgan fingerprint density at radius 3 is 2.74 bits per heavy atom. The van der Waals surface area contributed by atoms with Gasteiger partial charge in [-0.1, -0.05) is 38.5 Å². The van der Waals surface area contributed by atoms with E-state index in [9.17, 15) is 0 Å². The fraction of sp³-hybridized carbons (Fsp3) is 0.333. The van der Waals surface area contributed by atoms with Crippen molar-refractivity contribution >= 4 is 22.7 Å². The van der Waals surface area contributed by atoms with Crippen LogP contribution in [-0.2, 0) is 5.41 Å². The lowest BCUT2D eigenvalue weighted by Gasteiger charge is -2.24. The average molecular weight is 358 g/mol.